The SMILES string of the molecule is CCN(C1CC2CCC(C1)N2)C1CCC(C)C(C)C1. The van der Waals surface area contributed by atoms with Crippen LogP contribution in [0.5, 0.6) is 0 Å². The number of hydrogen-bond donors (Lipinski definition) is 1. The predicted octanol–water partition coefficient (Wildman–Crippen LogP) is 3.42. The highest BCUT2D eigenvalue weighted by Gasteiger charge is 2.38. The molecule has 3 aliphatic rings. The second kappa shape index (κ2) is 5.73. The zero-order valence-electron chi connectivity index (χ0n) is 13.1. The van der Waals surface area contributed by atoms with Crippen molar-refractivity contribution in [1.82, 2.24) is 10.2 Å². The van der Waals surface area contributed by atoms with Crippen LogP contribution in [0.4, 0.5) is 0 Å². The summed E-state index contributed by atoms with van der Waals surface area (Å²) in [5.74, 6) is 1.87. The van der Waals surface area contributed by atoms with Crippen LogP contribution in [0.3, 0.4) is 0 Å². The minimum Gasteiger partial charge on any atom is -0.311 e. The molecule has 1 aliphatic carbocycles. The summed E-state index contributed by atoms with van der Waals surface area (Å²) in [7, 11) is 0. The van der Waals surface area contributed by atoms with Gasteiger partial charge in [0.15, 0.2) is 0 Å². The molecule has 2 aliphatic heterocycles. The molecule has 0 radical (unpaired) electrons. The fourth-order valence-electron chi connectivity index (χ4n) is 4.93. The van der Waals surface area contributed by atoms with E-state index in [9.17, 15) is 0 Å². The molecule has 2 heterocycles. The Hall–Kier alpha value is -0.0800. The number of piperidine rings is 1. The first-order chi connectivity index (χ1) is 9.17. The van der Waals surface area contributed by atoms with Crippen molar-refractivity contribution in [2.45, 2.75) is 89.9 Å². The van der Waals surface area contributed by atoms with Gasteiger partial charge in [-0.2, -0.15) is 0 Å². The topological polar surface area (TPSA) is 15.3 Å². The number of nitrogens with zero attached hydrogens (tertiary/aromatic N) is 1. The fourth-order valence-corrected chi connectivity index (χ4v) is 4.93. The normalized spacial score (nSPS) is 46.7. The molecule has 19 heavy (non-hydrogen) atoms. The van der Waals surface area contributed by atoms with Gasteiger partial charge in [-0.15, -0.1) is 0 Å². The van der Waals surface area contributed by atoms with E-state index >= 15 is 0 Å². The first-order valence-electron chi connectivity index (χ1n) is 8.69. The maximum Gasteiger partial charge on any atom is 0.0128 e. The Labute approximate surface area is 119 Å². The van der Waals surface area contributed by atoms with Crippen molar-refractivity contribution in [3.05, 3.63) is 0 Å². The molecule has 2 nitrogen and oxygen atoms in total. The van der Waals surface area contributed by atoms with E-state index in [4.69, 9.17) is 0 Å². The molecule has 2 saturated heterocycles. The maximum absolute atomic E-state index is 3.79. The Balaban J connectivity index is 1.64. The van der Waals surface area contributed by atoms with Crippen molar-refractivity contribution in [1.29, 1.82) is 0 Å². The van der Waals surface area contributed by atoms with Crippen molar-refractivity contribution in [3.63, 3.8) is 0 Å². The molecule has 3 rings (SSSR count). The van der Waals surface area contributed by atoms with Crippen LogP contribution in [0.1, 0.15) is 65.7 Å². The van der Waals surface area contributed by atoms with Gasteiger partial charge in [-0.25, -0.2) is 0 Å². The molecule has 1 N–H and O–H groups in total. The van der Waals surface area contributed by atoms with Gasteiger partial charge in [-0.1, -0.05) is 20.8 Å². The molecule has 1 saturated carbocycles. The highest BCUT2D eigenvalue weighted by Crippen LogP contribution is 2.36. The zero-order valence-corrected chi connectivity index (χ0v) is 13.1. The van der Waals surface area contributed by atoms with E-state index in [0.29, 0.717) is 0 Å². The summed E-state index contributed by atoms with van der Waals surface area (Å²) in [6.45, 7) is 8.56. The quantitative estimate of drug-likeness (QED) is 0.840. The molecule has 0 aromatic carbocycles. The fraction of sp³-hybridized carbons (Fsp3) is 1.00. The van der Waals surface area contributed by atoms with Crippen molar-refractivity contribution in [2.24, 2.45) is 11.8 Å². The van der Waals surface area contributed by atoms with Gasteiger partial charge in [0.25, 0.3) is 0 Å². The van der Waals surface area contributed by atoms with Gasteiger partial charge >= 0.3 is 0 Å². The molecule has 0 aromatic heterocycles. The first-order valence-corrected chi connectivity index (χ1v) is 8.69. The molecular weight excluding hydrogens is 232 g/mol. The Morgan fingerprint density at radius 3 is 2.11 bits per heavy atom. The van der Waals surface area contributed by atoms with Crippen LogP contribution in [0.25, 0.3) is 0 Å². The van der Waals surface area contributed by atoms with Gasteiger partial charge in [0.05, 0.1) is 0 Å². The van der Waals surface area contributed by atoms with Crippen LogP contribution in [0, 0.1) is 11.8 Å². The maximum atomic E-state index is 3.79. The van der Waals surface area contributed by atoms with Gasteiger partial charge in [0.1, 0.15) is 0 Å². The summed E-state index contributed by atoms with van der Waals surface area (Å²) in [6, 6.07) is 3.41. The summed E-state index contributed by atoms with van der Waals surface area (Å²) in [5.41, 5.74) is 0. The molecule has 3 fully saturated rings. The lowest BCUT2D eigenvalue weighted by Gasteiger charge is -2.45. The van der Waals surface area contributed by atoms with Crippen molar-refractivity contribution in [2.75, 3.05) is 6.54 Å². The Morgan fingerprint density at radius 2 is 1.53 bits per heavy atom. The van der Waals surface area contributed by atoms with Crippen LogP contribution in [-0.2, 0) is 0 Å². The average molecular weight is 264 g/mol. The number of rotatable bonds is 3. The van der Waals surface area contributed by atoms with E-state index in [-0.39, 0.29) is 0 Å². The van der Waals surface area contributed by atoms with E-state index in [2.05, 4.69) is 31.0 Å². The number of fused-ring (bicyclic) bond motifs is 2. The number of hydrogen-bond acceptors (Lipinski definition) is 2. The van der Waals surface area contributed by atoms with Crippen molar-refractivity contribution < 1.29 is 0 Å². The van der Waals surface area contributed by atoms with E-state index in [1.54, 1.807) is 0 Å². The molecular formula is C17H32N2. The number of nitrogens with one attached hydrogen (secondary N) is 1. The highest BCUT2D eigenvalue weighted by atomic mass is 15.2. The van der Waals surface area contributed by atoms with Crippen LogP contribution >= 0.6 is 0 Å². The van der Waals surface area contributed by atoms with E-state index in [1.165, 1.54) is 51.5 Å². The standard InChI is InChI=1S/C17H32N2/c1-4-19(16-8-5-12(2)13(3)9-16)17-10-14-6-7-15(11-17)18-14/h12-18H,4-11H2,1-3H3. The highest BCUT2D eigenvalue weighted by molar-refractivity contribution is 4.97. The van der Waals surface area contributed by atoms with Crippen LogP contribution in [0.15, 0.2) is 0 Å². The lowest BCUT2D eigenvalue weighted by molar-refractivity contribution is 0.0535. The Bertz CT molecular complexity index is 292. The minimum atomic E-state index is 0.831. The third-order valence-corrected chi connectivity index (χ3v) is 6.32. The molecule has 2 bridgehead atoms. The third kappa shape index (κ3) is 2.85. The smallest absolute Gasteiger partial charge is 0.0128 e. The first kappa shape index (κ1) is 13.9. The molecule has 110 valence electrons. The largest absolute Gasteiger partial charge is 0.311 e. The average Bonchev–Trinajstić information content (AvgIpc) is 2.74. The zero-order chi connectivity index (χ0) is 13.4. The summed E-state index contributed by atoms with van der Waals surface area (Å²) in [4.78, 5) is 2.88. The van der Waals surface area contributed by atoms with E-state index in [0.717, 1.165) is 36.0 Å². The molecule has 0 spiro atoms. The van der Waals surface area contributed by atoms with Crippen molar-refractivity contribution in [3.8, 4) is 0 Å². The summed E-state index contributed by atoms with van der Waals surface area (Å²) < 4.78 is 0. The molecule has 0 aromatic rings. The van der Waals surface area contributed by atoms with Crippen molar-refractivity contribution >= 4 is 0 Å². The molecule has 5 unspecified atom stereocenters. The third-order valence-electron chi connectivity index (χ3n) is 6.32. The lowest BCUT2D eigenvalue weighted by Crippen LogP contribution is -2.52. The summed E-state index contributed by atoms with van der Waals surface area (Å²) >= 11 is 0. The van der Waals surface area contributed by atoms with Crippen LogP contribution in [0.2, 0.25) is 0 Å². The van der Waals surface area contributed by atoms with E-state index < -0.39 is 0 Å². The van der Waals surface area contributed by atoms with Gasteiger partial charge in [-0.3, -0.25) is 4.90 Å². The van der Waals surface area contributed by atoms with Gasteiger partial charge < -0.3 is 5.32 Å². The van der Waals surface area contributed by atoms with E-state index in [1.807, 2.05) is 0 Å². The summed E-state index contributed by atoms with van der Waals surface area (Å²) in [6.07, 6.45) is 10.00. The second-order valence-corrected chi connectivity index (χ2v) is 7.51. The van der Waals surface area contributed by atoms with Crippen LogP contribution in [-0.4, -0.2) is 35.6 Å². The van der Waals surface area contributed by atoms with Gasteiger partial charge in [-0.05, 0) is 63.3 Å². The molecule has 5 atom stereocenters. The second-order valence-electron chi connectivity index (χ2n) is 7.51. The molecule has 2 heteroatoms. The minimum absolute atomic E-state index is 0.831. The monoisotopic (exact) mass is 264 g/mol. The Kier molecular flexibility index (Phi) is 4.19. The van der Waals surface area contributed by atoms with Gasteiger partial charge in [0.2, 0.25) is 0 Å². The predicted molar refractivity (Wildman–Crippen MR) is 81.3 cm³/mol. The lowest BCUT2D eigenvalue weighted by atomic mass is 9.78. The molecule has 0 amide bonds. The Morgan fingerprint density at radius 1 is 0.842 bits per heavy atom. The van der Waals surface area contributed by atoms with Gasteiger partial charge in [0, 0.05) is 24.2 Å². The van der Waals surface area contributed by atoms with Crippen LogP contribution < -0.4 is 5.32 Å². The summed E-state index contributed by atoms with van der Waals surface area (Å²) in [5, 5.41) is 3.79.